The predicted molar refractivity (Wildman–Crippen MR) is 116 cm³/mol. The van der Waals surface area contributed by atoms with Gasteiger partial charge >= 0.3 is 0 Å². The molecule has 2 aliphatic heterocycles. The van der Waals surface area contributed by atoms with Gasteiger partial charge in [0.1, 0.15) is 5.69 Å². The van der Waals surface area contributed by atoms with E-state index >= 15 is 0 Å². The monoisotopic (exact) mass is 376 g/mol. The van der Waals surface area contributed by atoms with Crippen LogP contribution in [0.3, 0.4) is 0 Å². The third kappa shape index (κ3) is 7.49. The number of carbonyl (C=O) groups excluding carboxylic acids is 1. The van der Waals surface area contributed by atoms with Gasteiger partial charge in [-0.2, -0.15) is 0 Å². The molecule has 5 nitrogen and oxygen atoms in total. The van der Waals surface area contributed by atoms with Crippen LogP contribution in [-0.4, -0.2) is 55.6 Å². The van der Waals surface area contributed by atoms with Crippen molar-refractivity contribution in [3.05, 3.63) is 24.0 Å². The highest BCUT2D eigenvalue weighted by molar-refractivity contribution is 5.92. The van der Waals surface area contributed by atoms with Gasteiger partial charge in [0.2, 0.25) is 0 Å². The Morgan fingerprint density at radius 3 is 2.19 bits per heavy atom. The summed E-state index contributed by atoms with van der Waals surface area (Å²) in [4.78, 5) is 20.9. The lowest BCUT2D eigenvalue weighted by atomic mass is 9.95. The molecule has 0 aromatic carbocycles. The molecule has 3 heterocycles. The minimum Gasteiger partial charge on any atom is -0.370 e. The Balaban J connectivity index is 0.000000855. The van der Waals surface area contributed by atoms with Crippen molar-refractivity contribution < 1.29 is 4.79 Å². The molecule has 27 heavy (non-hydrogen) atoms. The van der Waals surface area contributed by atoms with Gasteiger partial charge in [-0.15, -0.1) is 0 Å². The second-order valence-electron chi connectivity index (χ2n) is 6.77. The van der Waals surface area contributed by atoms with E-state index in [0.717, 1.165) is 24.7 Å². The molecule has 0 bridgehead atoms. The van der Waals surface area contributed by atoms with Gasteiger partial charge in [0.25, 0.3) is 5.91 Å². The Hall–Kier alpha value is -1.62. The Morgan fingerprint density at radius 1 is 1.04 bits per heavy atom. The van der Waals surface area contributed by atoms with Crippen LogP contribution in [0.15, 0.2) is 18.3 Å². The molecular weight excluding hydrogens is 336 g/mol. The molecule has 0 spiro atoms. The lowest BCUT2D eigenvalue weighted by Gasteiger charge is -2.37. The predicted octanol–water partition coefficient (Wildman–Crippen LogP) is 4.20. The number of likely N-dealkylation sites (tertiary alicyclic amines) is 1. The molecule has 1 aromatic rings. The van der Waals surface area contributed by atoms with E-state index in [4.69, 9.17) is 0 Å². The Morgan fingerprint density at radius 2 is 1.67 bits per heavy atom. The first-order valence-corrected chi connectivity index (χ1v) is 10.9. The normalized spacial score (nSPS) is 17.9. The second-order valence-corrected chi connectivity index (χ2v) is 6.77. The van der Waals surface area contributed by atoms with E-state index in [2.05, 4.69) is 20.1 Å². The summed E-state index contributed by atoms with van der Waals surface area (Å²) in [7, 11) is 1.63. The largest absolute Gasteiger partial charge is 0.370 e. The fourth-order valence-electron chi connectivity index (χ4n) is 3.72. The number of carbonyl (C=O) groups is 1. The van der Waals surface area contributed by atoms with Gasteiger partial charge in [-0.05, 0) is 56.8 Å². The number of rotatable bonds is 4. The maximum absolute atomic E-state index is 11.5. The van der Waals surface area contributed by atoms with Gasteiger partial charge in [0, 0.05) is 26.7 Å². The van der Waals surface area contributed by atoms with Gasteiger partial charge in [-0.1, -0.05) is 34.1 Å². The van der Waals surface area contributed by atoms with Crippen molar-refractivity contribution in [3.63, 3.8) is 0 Å². The summed E-state index contributed by atoms with van der Waals surface area (Å²) in [5, 5.41) is 2.61. The zero-order valence-corrected chi connectivity index (χ0v) is 18.1. The van der Waals surface area contributed by atoms with Gasteiger partial charge in [0.05, 0.1) is 11.9 Å². The van der Waals surface area contributed by atoms with Crippen LogP contribution in [0.5, 0.6) is 0 Å². The van der Waals surface area contributed by atoms with Crippen LogP contribution in [0.25, 0.3) is 0 Å². The molecule has 0 radical (unpaired) electrons. The van der Waals surface area contributed by atoms with Crippen molar-refractivity contribution in [2.24, 2.45) is 5.92 Å². The van der Waals surface area contributed by atoms with Crippen molar-refractivity contribution in [1.29, 1.82) is 0 Å². The maximum Gasteiger partial charge on any atom is 0.269 e. The van der Waals surface area contributed by atoms with Crippen molar-refractivity contribution in [2.75, 3.05) is 44.7 Å². The van der Waals surface area contributed by atoms with Gasteiger partial charge < -0.3 is 15.1 Å². The number of pyridine rings is 1. The number of piperidine rings is 2. The van der Waals surface area contributed by atoms with Crippen LogP contribution in [0.1, 0.15) is 70.3 Å². The summed E-state index contributed by atoms with van der Waals surface area (Å²) in [6.07, 6.45) is 8.51. The van der Waals surface area contributed by atoms with Crippen molar-refractivity contribution in [3.8, 4) is 0 Å². The van der Waals surface area contributed by atoms with Crippen LogP contribution in [-0.2, 0) is 0 Å². The lowest BCUT2D eigenvalue weighted by molar-refractivity contribution is 0.0958. The molecule has 0 atom stereocenters. The topological polar surface area (TPSA) is 48.5 Å². The van der Waals surface area contributed by atoms with Crippen molar-refractivity contribution >= 4 is 11.6 Å². The van der Waals surface area contributed by atoms with Gasteiger partial charge in [0.15, 0.2) is 0 Å². The Bertz CT molecular complexity index is 504. The number of anilines is 1. The molecule has 1 amide bonds. The quantitative estimate of drug-likeness (QED) is 0.856. The second kappa shape index (κ2) is 13.5. The lowest BCUT2D eigenvalue weighted by Crippen LogP contribution is -2.40. The van der Waals surface area contributed by atoms with E-state index in [-0.39, 0.29) is 5.91 Å². The average Bonchev–Trinajstić information content (AvgIpc) is 2.77. The van der Waals surface area contributed by atoms with Crippen LogP contribution in [0, 0.1) is 5.92 Å². The molecule has 2 fully saturated rings. The number of aromatic nitrogens is 1. The summed E-state index contributed by atoms with van der Waals surface area (Å²) >= 11 is 0. The molecule has 5 heteroatoms. The van der Waals surface area contributed by atoms with Crippen LogP contribution in [0.4, 0.5) is 5.69 Å². The molecule has 1 aromatic heterocycles. The zero-order valence-electron chi connectivity index (χ0n) is 18.1. The summed E-state index contributed by atoms with van der Waals surface area (Å²) in [5.74, 6) is 0.708. The fourth-order valence-corrected chi connectivity index (χ4v) is 3.72. The minimum absolute atomic E-state index is 0.128. The van der Waals surface area contributed by atoms with Gasteiger partial charge in [-0.3, -0.25) is 4.79 Å². The summed E-state index contributed by atoms with van der Waals surface area (Å²) < 4.78 is 0. The smallest absolute Gasteiger partial charge is 0.269 e. The molecule has 154 valence electrons. The molecule has 2 aliphatic rings. The number of nitrogens with one attached hydrogen (secondary N) is 1. The summed E-state index contributed by atoms with van der Waals surface area (Å²) in [6, 6.07) is 3.83. The third-order valence-corrected chi connectivity index (χ3v) is 5.15. The van der Waals surface area contributed by atoms with Crippen LogP contribution >= 0.6 is 0 Å². The number of amides is 1. The molecule has 1 N–H and O–H groups in total. The van der Waals surface area contributed by atoms with E-state index in [9.17, 15) is 4.79 Å². The SMILES string of the molecule is CC.CC.CNC(=O)c1ccc(N2CCC(CN3CCCCC3)CC2)cn1. The molecule has 2 saturated heterocycles. The standard InChI is InChI=1S/C18H28N4O.2C2H6/c1-19-18(23)17-6-5-16(13-20-17)22-11-7-15(8-12-22)14-21-9-3-2-4-10-21;2*1-2/h5-6,13,15H,2-4,7-12,14H2,1H3,(H,19,23);2*1-2H3. The first kappa shape index (κ1) is 23.4. The van der Waals surface area contributed by atoms with Crippen LogP contribution in [0.2, 0.25) is 0 Å². The zero-order chi connectivity index (χ0) is 20.1. The van der Waals surface area contributed by atoms with E-state index in [1.165, 1.54) is 51.7 Å². The molecular formula is C22H40N4O. The number of hydrogen-bond acceptors (Lipinski definition) is 4. The Labute approximate surface area is 166 Å². The average molecular weight is 377 g/mol. The first-order chi connectivity index (χ1) is 13.3. The Kier molecular flexibility index (Phi) is 11.7. The number of nitrogens with zero attached hydrogens (tertiary/aromatic N) is 3. The summed E-state index contributed by atoms with van der Waals surface area (Å²) in [6.45, 7) is 14.1. The molecule has 0 saturated carbocycles. The first-order valence-electron chi connectivity index (χ1n) is 10.9. The van der Waals surface area contributed by atoms with Crippen molar-refractivity contribution in [2.45, 2.75) is 59.8 Å². The van der Waals surface area contributed by atoms with E-state index in [1.54, 1.807) is 7.05 Å². The summed E-state index contributed by atoms with van der Waals surface area (Å²) in [5.41, 5.74) is 1.62. The van der Waals surface area contributed by atoms with E-state index in [0.29, 0.717) is 5.69 Å². The van der Waals surface area contributed by atoms with Gasteiger partial charge in [-0.25, -0.2) is 4.98 Å². The molecule has 3 rings (SSSR count). The highest BCUT2D eigenvalue weighted by atomic mass is 16.1. The van der Waals surface area contributed by atoms with Crippen LogP contribution < -0.4 is 10.2 Å². The van der Waals surface area contributed by atoms with E-state index in [1.807, 2.05) is 46.0 Å². The number of hydrogen-bond donors (Lipinski definition) is 1. The molecule has 0 unspecified atom stereocenters. The highest BCUT2D eigenvalue weighted by Gasteiger charge is 2.22. The third-order valence-electron chi connectivity index (χ3n) is 5.15. The maximum atomic E-state index is 11.5. The highest BCUT2D eigenvalue weighted by Crippen LogP contribution is 2.24. The molecule has 0 aliphatic carbocycles. The van der Waals surface area contributed by atoms with E-state index < -0.39 is 0 Å². The fraction of sp³-hybridized carbons (Fsp3) is 0.727. The minimum atomic E-state index is -0.128. The van der Waals surface area contributed by atoms with Crippen molar-refractivity contribution in [1.82, 2.24) is 15.2 Å².